The topological polar surface area (TPSA) is 95.9 Å². The minimum atomic E-state index is -0.302. The lowest BCUT2D eigenvalue weighted by molar-refractivity contribution is 0.102. The highest BCUT2D eigenvalue weighted by molar-refractivity contribution is 6.02. The third kappa shape index (κ3) is 5.25. The van der Waals surface area contributed by atoms with Crippen LogP contribution in [0.1, 0.15) is 35.7 Å². The number of nitrogens with zero attached hydrogens (tertiary/aromatic N) is 5. The van der Waals surface area contributed by atoms with E-state index < -0.39 is 0 Å². The van der Waals surface area contributed by atoms with Gasteiger partial charge in [0.25, 0.3) is 5.91 Å². The Hall–Kier alpha value is -3.55. The van der Waals surface area contributed by atoms with E-state index in [-0.39, 0.29) is 11.6 Å². The molecule has 2 heterocycles. The van der Waals surface area contributed by atoms with Crippen LogP contribution in [0.4, 0.5) is 23.1 Å². The van der Waals surface area contributed by atoms with E-state index in [1.165, 1.54) is 6.20 Å². The van der Waals surface area contributed by atoms with Crippen LogP contribution >= 0.6 is 0 Å². The molecule has 0 saturated heterocycles. The summed E-state index contributed by atoms with van der Waals surface area (Å²) >= 11 is 0. The van der Waals surface area contributed by atoms with Gasteiger partial charge in [0.15, 0.2) is 0 Å². The average Bonchev–Trinajstić information content (AvgIpc) is 2.70. The van der Waals surface area contributed by atoms with Crippen LogP contribution in [0, 0.1) is 13.8 Å². The maximum atomic E-state index is 12.2. The first-order valence-corrected chi connectivity index (χ1v) is 9.56. The van der Waals surface area contributed by atoms with Crippen LogP contribution in [-0.2, 0) is 0 Å². The second kappa shape index (κ2) is 9.09. The van der Waals surface area contributed by atoms with Gasteiger partial charge in [0.2, 0.25) is 5.95 Å². The third-order valence-corrected chi connectivity index (χ3v) is 4.34. The zero-order valence-electron chi connectivity index (χ0n) is 17.1. The molecular weight excluding hydrogens is 366 g/mol. The quantitative estimate of drug-likeness (QED) is 0.633. The smallest absolute Gasteiger partial charge is 0.275 e. The van der Waals surface area contributed by atoms with Crippen LogP contribution in [-0.4, -0.2) is 38.9 Å². The van der Waals surface area contributed by atoms with E-state index in [1.54, 1.807) is 6.20 Å². The van der Waals surface area contributed by atoms with Gasteiger partial charge in [0, 0.05) is 42.4 Å². The summed E-state index contributed by atoms with van der Waals surface area (Å²) in [5.41, 5.74) is 3.42. The fraction of sp³-hybridized carbons (Fsp3) is 0.286. The average molecular weight is 391 g/mol. The Morgan fingerprint density at radius 2 is 1.62 bits per heavy atom. The second-order valence-corrected chi connectivity index (χ2v) is 6.56. The number of rotatable bonds is 7. The number of anilines is 4. The van der Waals surface area contributed by atoms with Crippen molar-refractivity contribution in [1.29, 1.82) is 0 Å². The van der Waals surface area contributed by atoms with Crippen LogP contribution in [0.15, 0.2) is 42.7 Å². The molecule has 0 aliphatic rings. The van der Waals surface area contributed by atoms with Crippen molar-refractivity contribution < 1.29 is 4.79 Å². The number of benzene rings is 1. The van der Waals surface area contributed by atoms with Gasteiger partial charge in [-0.25, -0.2) is 9.97 Å². The maximum Gasteiger partial charge on any atom is 0.275 e. The van der Waals surface area contributed by atoms with E-state index >= 15 is 0 Å². The molecular formula is C21H25N7O. The van der Waals surface area contributed by atoms with Crippen molar-refractivity contribution in [1.82, 2.24) is 19.9 Å². The normalized spacial score (nSPS) is 10.5. The summed E-state index contributed by atoms with van der Waals surface area (Å²) in [6.07, 6.45) is 3.03. The summed E-state index contributed by atoms with van der Waals surface area (Å²) in [5.74, 6) is 1.13. The van der Waals surface area contributed by atoms with Crippen LogP contribution in [0.2, 0.25) is 0 Å². The highest BCUT2D eigenvalue weighted by Crippen LogP contribution is 2.20. The van der Waals surface area contributed by atoms with Crippen LogP contribution in [0.25, 0.3) is 0 Å². The predicted molar refractivity (Wildman–Crippen MR) is 115 cm³/mol. The Labute approximate surface area is 170 Å². The molecule has 0 saturated carbocycles. The molecule has 3 rings (SSSR count). The predicted octanol–water partition coefficient (Wildman–Crippen LogP) is 3.73. The van der Waals surface area contributed by atoms with Gasteiger partial charge in [-0.3, -0.25) is 9.78 Å². The summed E-state index contributed by atoms with van der Waals surface area (Å²) in [5, 5.41) is 6.03. The van der Waals surface area contributed by atoms with Crippen molar-refractivity contribution >= 4 is 29.0 Å². The van der Waals surface area contributed by atoms with E-state index in [9.17, 15) is 4.79 Å². The number of amides is 1. The SMILES string of the molecule is CCN(CC)c1cc(C)nc(Nc2ccc(NC(=O)c3cnc(C)cn3)cc2)n1. The van der Waals surface area contributed by atoms with Gasteiger partial charge in [-0.1, -0.05) is 0 Å². The Morgan fingerprint density at radius 1 is 0.931 bits per heavy atom. The maximum absolute atomic E-state index is 12.2. The molecule has 8 heteroatoms. The van der Waals surface area contributed by atoms with E-state index in [1.807, 2.05) is 44.2 Å². The van der Waals surface area contributed by atoms with Gasteiger partial charge < -0.3 is 15.5 Å². The molecule has 150 valence electrons. The fourth-order valence-corrected chi connectivity index (χ4v) is 2.79. The Kier molecular flexibility index (Phi) is 6.33. The molecule has 0 radical (unpaired) electrons. The van der Waals surface area contributed by atoms with Crippen LogP contribution < -0.4 is 15.5 Å². The molecule has 8 nitrogen and oxygen atoms in total. The monoisotopic (exact) mass is 391 g/mol. The molecule has 0 atom stereocenters. The lowest BCUT2D eigenvalue weighted by atomic mass is 10.2. The van der Waals surface area contributed by atoms with Gasteiger partial charge in [-0.2, -0.15) is 4.98 Å². The molecule has 0 aliphatic heterocycles. The van der Waals surface area contributed by atoms with E-state index in [2.05, 4.69) is 49.3 Å². The molecule has 29 heavy (non-hydrogen) atoms. The van der Waals surface area contributed by atoms with Crippen molar-refractivity contribution in [2.24, 2.45) is 0 Å². The summed E-state index contributed by atoms with van der Waals surface area (Å²) in [6.45, 7) is 9.74. The molecule has 2 aromatic heterocycles. The summed E-state index contributed by atoms with van der Waals surface area (Å²) in [4.78, 5) is 31.7. The number of aryl methyl sites for hydroxylation is 2. The van der Waals surface area contributed by atoms with Gasteiger partial charge in [-0.05, 0) is 52.0 Å². The Bertz CT molecular complexity index is 967. The van der Waals surface area contributed by atoms with Gasteiger partial charge in [0.1, 0.15) is 11.5 Å². The molecule has 0 aliphatic carbocycles. The lowest BCUT2D eigenvalue weighted by Crippen LogP contribution is -2.23. The van der Waals surface area contributed by atoms with E-state index in [0.717, 1.165) is 36.0 Å². The molecule has 3 aromatic rings. The largest absolute Gasteiger partial charge is 0.357 e. The lowest BCUT2D eigenvalue weighted by Gasteiger charge is -2.20. The highest BCUT2D eigenvalue weighted by atomic mass is 16.1. The minimum Gasteiger partial charge on any atom is -0.357 e. The van der Waals surface area contributed by atoms with E-state index in [0.29, 0.717) is 11.6 Å². The van der Waals surface area contributed by atoms with Crippen molar-refractivity contribution in [3.05, 3.63) is 59.8 Å². The van der Waals surface area contributed by atoms with E-state index in [4.69, 9.17) is 0 Å². The number of aromatic nitrogens is 4. The number of hydrogen-bond acceptors (Lipinski definition) is 7. The molecule has 0 spiro atoms. The van der Waals surface area contributed by atoms with Crippen molar-refractivity contribution in [2.45, 2.75) is 27.7 Å². The zero-order valence-corrected chi connectivity index (χ0v) is 17.1. The van der Waals surface area contributed by atoms with Gasteiger partial charge in [-0.15, -0.1) is 0 Å². The number of carbonyl (C=O) groups is 1. The Morgan fingerprint density at radius 3 is 2.24 bits per heavy atom. The van der Waals surface area contributed by atoms with Crippen molar-refractivity contribution in [2.75, 3.05) is 28.6 Å². The van der Waals surface area contributed by atoms with Crippen molar-refractivity contribution in [3.63, 3.8) is 0 Å². The molecule has 0 fully saturated rings. The number of carbonyl (C=O) groups excluding carboxylic acids is 1. The zero-order chi connectivity index (χ0) is 20.8. The highest BCUT2D eigenvalue weighted by Gasteiger charge is 2.10. The first kappa shape index (κ1) is 20.2. The first-order chi connectivity index (χ1) is 14.0. The fourth-order valence-electron chi connectivity index (χ4n) is 2.79. The molecule has 0 unspecified atom stereocenters. The summed E-state index contributed by atoms with van der Waals surface area (Å²) in [6, 6.07) is 9.31. The van der Waals surface area contributed by atoms with Crippen LogP contribution in [0.5, 0.6) is 0 Å². The minimum absolute atomic E-state index is 0.273. The van der Waals surface area contributed by atoms with Crippen molar-refractivity contribution in [3.8, 4) is 0 Å². The number of nitrogens with one attached hydrogen (secondary N) is 2. The standard InChI is InChI=1S/C21H25N7O/c1-5-28(6-2)19-11-14(3)24-21(27-19)26-17-9-7-16(8-10-17)25-20(29)18-13-22-15(4)12-23-18/h7-13H,5-6H2,1-4H3,(H,25,29)(H,24,26,27). The third-order valence-electron chi connectivity index (χ3n) is 4.34. The Balaban J connectivity index is 1.69. The molecule has 2 N–H and O–H groups in total. The van der Waals surface area contributed by atoms with Gasteiger partial charge >= 0.3 is 0 Å². The summed E-state index contributed by atoms with van der Waals surface area (Å²) < 4.78 is 0. The first-order valence-electron chi connectivity index (χ1n) is 9.56. The van der Waals surface area contributed by atoms with Gasteiger partial charge in [0.05, 0.1) is 11.9 Å². The second-order valence-electron chi connectivity index (χ2n) is 6.56. The van der Waals surface area contributed by atoms with Crippen LogP contribution in [0.3, 0.4) is 0 Å². The molecule has 1 amide bonds. The molecule has 0 bridgehead atoms. The molecule has 1 aromatic carbocycles. The number of hydrogen-bond donors (Lipinski definition) is 2. The summed E-state index contributed by atoms with van der Waals surface area (Å²) in [7, 11) is 0.